The first-order valence-corrected chi connectivity index (χ1v) is 11.4. The molecule has 5 nitrogen and oxygen atoms in total. The number of amidine groups is 1. The summed E-state index contributed by atoms with van der Waals surface area (Å²) in [6.45, 7) is 3.59. The molecule has 2 aromatic carbocycles. The van der Waals surface area contributed by atoms with Crippen molar-refractivity contribution in [2.45, 2.75) is 4.90 Å². The summed E-state index contributed by atoms with van der Waals surface area (Å²) in [4.78, 5) is 13.8. The number of sulfonamides is 1. The molecule has 0 N–H and O–H groups in total. The zero-order chi connectivity index (χ0) is 21.2. The normalized spacial score (nSPS) is 17.3. The summed E-state index contributed by atoms with van der Waals surface area (Å²) < 4.78 is 56.6. The number of nitrogens with zero attached hydrogens (tertiary/aromatic N) is 2. The van der Waals surface area contributed by atoms with Crippen LogP contribution in [-0.4, -0.2) is 30.9 Å². The Hall–Kier alpha value is -2.05. The molecule has 1 amide bonds. The van der Waals surface area contributed by atoms with Gasteiger partial charge in [-0.15, -0.1) is 11.0 Å². The second-order valence-electron chi connectivity index (χ2n) is 5.76. The van der Waals surface area contributed by atoms with E-state index in [0.717, 1.165) is 40.9 Å². The minimum absolute atomic E-state index is 0.0236. The van der Waals surface area contributed by atoms with Crippen LogP contribution in [-0.2, 0) is 14.8 Å². The van der Waals surface area contributed by atoms with Crippen LogP contribution in [0.2, 0.25) is 0 Å². The van der Waals surface area contributed by atoms with Crippen molar-refractivity contribution in [3.8, 4) is 0 Å². The van der Waals surface area contributed by atoms with Crippen LogP contribution in [0.25, 0.3) is 6.08 Å². The van der Waals surface area contributed by atoms with Crippen LogP contribution >= 0.6 is 34.4 Å². The highest BCUT2D eigenvalue weighted by molar-refractivity contribution is 14.1. The molecule has 0 unspecified atom stereocenters. The van der Waals surface area contributed by atoms with Gasteiger partial charge in [-0.3, -0.25) is 9.69 Å². The van der Waals surface area contributed by atoms with E-state index in [-0.39, 0.29) is 27.1 Å². The summed E-state index contributed by atoms with van der Waals surface area (Å²) in [6.07, 6.45) is 2.78. The molecule has 0 bridgehead atoms. The molecule has 3 rings (SSSR count). The minimum Gasteiger partial charge on any atom is -0.282 e. The fraction of sp³-hybridized carbons (Fsp3) is 0.0526. The Balaban J connectivity index is 2.02. The molecule has 150 valence electrons. The van der Waals surface area contributed by atoms with Crippen LogP contribution in [0, 0.1) is 15.2 Å². The molecular weight excluding hydrogens is 533 g/mol. The molecule has 0 aliphatic carbocycles. The monoisotopic (exact) mass is 546 g/mol. The Morgan fingerprint density at radius 1 is 1.17 bits per heavy atom. The van der Waals surface area contributed by atoms with Crippen LogP contribution in [0.4, 0.5) is 8.78 Å². The van der Waals surface area contributed by atoms with Gasteiger partial charge >= 0.3 is 0 Å². The lowest BCUT2D eigenvalue weighted by Crippen LogP contribution is -2.29. The Morgan fingerprint density at radius 3 is 2.52 bits per heavy atom. The van der Waals surface area contributed by atoms with E-state index in [9.17, 15) is 22.0 Å². The standard InChI is InChI=1S/C19H13F2IN2O3S2/c1-2-10-24-18(25)16(11-12-4-3-5-15(22)17(12)21)28-19(24)23-29(26,27)14-8-6-13(20)7-9-14/h2-9,11H,1,10H2/b16-11-,23-19?. The molecule has 1 aliphatic heterocycles. The number of carbonyl (C=O) groups excluding carboxylic acids is 1. The van der Waals surface area contributed by atoms with Crippen molar-refractivity contribution >= 4 is 61.5 Å². The van der Waals surface area contributed by atoms with Gasteiger partial charge in [0.25, 0.3) is 15.9 Å². The van der Waals surface area contributed by atoms with Gasteiger partial charge in [0, 0.05) is 15.7 Å². The summed E-state index contributed by atoms with van der Waals surface area (Å²) in [5.74, 6) is -1.57. The first-order chi connectivity index (χ1) is 13.7. The minimum atomic E-state index is -4.18. The quantitative estimate of drug-likeness (QED) is 0.317. The van der Waals surface area contributed by atoms with Crippen molar-refractivity contribution in [3.05, 3.63) is 80.8 Å². The van der Waals surface area contributed by atoms with Crippen molar-refractivity contribution in [2.24, 2.45) is 4.40 Å². The van der Waals surface area contributed by atoms with Gasteiger partial charge in [0.2, 0.25) is 0 Å². The Bertz CT molecular complexity index is 1150. The topological polar surface area (TPSA) is 66.8 Å². The van der Waals surface area contributed by atoms with Gasteiger partial charge in [0.15, 0.2) is 5.17 Å². The van der Waals surface area contributed by atoms with E-state index in [2.05, 4.69) is 11.0 Å². The third-order valence-electron chi connectivity index (χ3n) is 3.78. The number of carbonyl (C=O) groups is 1. The second-order valence-corrected chi connectivity index (χ2v) is 9.54. The number of halogens is 3. The van der Waals surface area contributed by atoms with Crippen LogP contribution in [0.5, 0.6) is 0 Å². The number of amides is 1. The molecule has 1 fully saturated rings. The van der Waals surface area contributed by atoms with Crippen LogP contribution in [0.3, 0.4) is 0 Å². The molecule has 10 heteroatoms. The van der Waals surface area contributed by atoms with E-state index in [0.29, 0.717) is 3.57 Å². The predicted molar refractivity (Wildman–Crippen MR) is 118 cm³/mol. The van der Waals surface area contributed by atoms with E-state index in [1.807, 2.05) is 22.6 Å². The van der Waals surface area contributed by atoms with E-state index in [4.69, 9.17) is 0 Å². The Labute approximate surface area is 184 Å². The maximum absolute atomic E-state index is 14.3. The van der Waals surface area contributed by atoms with Crippen molar-refractivity contribution in [2.75, 3.05) is 6.54 Å². The summed E-state index contributed by atoms with van der Waals surface area (Å²) in [6, 6.07) is 8.95. The Morgan fingerprint density at radius 2 is 1.86 bits per heavy atom. The molecule has 0 spiro atoms. The number of rotatable bonds is 5. The van der Waals surface area contributed by atoms with E-state index in [1.165, 1.54) is 18.2 Å². The maximum Gasteiger partial charge on any atom is 0.284 e. The average Bonchev–Trinajstić information content (AvgIpc) is 2.94. The van der Waals surface area contributed by atoms with E-state index < -0.39 is 27.6 Å². The highest BCUT2D eigenvalue weighted by Gasteiger charge is 2.34. The second kappa shape index (κ2) is 8.76. The molecule has 0 saturated carbocycles. The lowest BCUT2D eigenvalue weighted by molar-refractivity contribution is -0.121. The molecule has 0 aromatic heterocycles. The Kier molecular flexibility index (Phi) is 6.54. The number of hydrogen-bond donors (Lipinski definition) is 0. The largest absolute Gasteiger partial charge is 0.284 e. The van der Waals surface area contributed by atoms with Gasteiger partial charge in [-0.1, -0.05) is 18.2 Å². The molecule has 0 radical (unpaired) electrons. The fourth-order valence-corrected chi connectivity index (χ4v) is 5.10. The third-order valence-corrected chi connectivity index (χ3v) is 7.01. The summed E-state index contributed by atoms with van der Waals surface area (Å²) in [5, 5.41) is -0.0866. The summed E-state index contributed by atoms with van der Waals surface area (Å²) in [5.41, 5.74) is 0.203. The molecule has 2 aromatic rings. The van der Waals surface area contributed by atoms with Gasteiger partial charge < -0.3 is 0 Å². The zero-order valence-electron chi connectivity index (χ0n) is 14.7. The highest BCUT2D eigenvalue weighted by Crippen LogP contribution is 2.34. The summed E-state index contributed by atoms with van der Waals surface area (Å²) >= 11 is 2.66. The van der Waals surface area contributed by atoms with Gasteiger partial charge in [-0.2, -0.15) is 8.42 Å². The SMILES string of the molecule is C=CCN1C(=O)/C(=C/c2cccc(I)c2F)SC1=NS(=O)(=O)c1ccc(F)cc1. The zero-order valence-corrected chi connectivity index (χ0v) is 18.5. The smallest absolute Gasteiger partial charge is 0.282 e. The third kappa shape index (κ3) is 4.75. The lowest BCUT2D eigenvalue weighted by Gasteiger charge is -2.12. The molecule has 1 saturated heterocycles. The molecule has 29 heavy (non-hydrogen) atoms. The van der Waals surface area contributed by atoms with Crippen molar-refractivity contribution < 1.29 is 22.0 Å². The molecule has 0 atom stereocenters. The van der Waals surface area contributed by atoms with Gasteiger partial charge in [0.1, 0.15) is 11.6 Å². The first kappa shape index (κ1) is 21.7. The maximum atomic E-state index is 14.3. The predicted octanol–water partition coefficient (Wildman–Crippen LogP) is 4.42. The molecule has 1 heterocycles. The van der Waals surface area contributed by atoms with Crippen LogP contribution in [0.15, 0.2) is 69.3 Å². The molecule has 1 aliphatic rings. The number of thioether (sulfide) groups is 1. The first-order valence-electron chi connectivity index (χ1n) is 8.10. The van der Waals surface area contributed by atoms with E-state index >= 15 is 0 Å². The van der Waals surface area contributed by atoms with E-state index in [1.54, 1.807) is 12.1 Å². The average molecular weight is 546 g/mol. The number of hydrogen-bond acceptors (Lipinski definition) is 4. The van der Waals surface area contributed by atoms with Crippen LogP contribution < -0.4 is 0 Å². The summed E-state index contributed by atoms with van der Waals surface area (Å²) in [7, 11) is -4.18. The van der Waals surface area contributed by atoms with Crippen molar-refractivity contribution in [3.63, 3.8) is 0 Å². The van der Waals surface area contributed by atoms with Crippen LogP contribution in [0.1, 0.15) is 5.56 Å². The van der Waals surface area contributed by atoms with Gasteiger partial charge in [-0.05, 0) is 70.8 Å². The van der Waals surface area contributed by atoms with Crippen molar-refractivity contribution in [1.82, 2.24) is 4.90 Å². The number of benzene rings is 2. The fourth-order valence-electron chi connectivity index (χ4n) is 2.40. The highest BCUT2D eigenvalue weighted by atomic mass is 127. The van der Waals surface area contributed by atoms with Gasteiger partial charge in [0.05, 0.1) is 9.80 Å². The lowest BCUT2D eigenvalue weighted by atomic mass is 10.2. The van der Waals surface area contributed by atoms with Gasteiger partial charge in [-0.25, -0.2) is 8.78 Å². The molecular formula is C19H13F2IN2O3S2. The van der Waals surface area contributed by atoms with Crippen molar-refractivity contribution in [1.29, 1.82) is 0 Å².